The van der Waals surface area contributed by atoms with E-state index in [2.05, 4.69) is 31.3 Å². The van der Waals surface area contributed by atoms with Crippen LogP contribution in [0.3, 0.4) is 0 Å². The average molecular weight is 324 g/mol. The molecule has 19 heavy (non-hydrogen) atoms. The quantitative estimate of drug-likeness (QED) is 0.867. The Labute approximate surface area is 116 Å². The van der Waals surface area contributed by atoms with E-state index in [0.717, 1.165) is 4.47 Å². The molecule has 2 aromatic rings. The summed E-state index contributed by atoms with van der Waals surface area (Å²) in [6.07, 6.45) is 4.48. The van der Waals surface area contributed by atoms with Crippen LogP contribution in [0.1, 0.15) is 10.5 Å². The number of nitrogens with one attached hydrogen (secondary N) is 1. The van der Waals surface area contributed by atoms with Gasteiger partial charge >= 0.3 is 0 Å². The molecular weight excluding hydrogens is 314 g/mol. The van der Waals surface area contributed by atoms with Crippen molar-refractivity contribution in [3.05, 3.63) is 40.9 Å². The van der Waals surface area contributed by atoms with Crippen molar-refractivity contribution < 1.29 is 9.59 Å². The minimum atomic E-state index is -0.504. The van der Waals surface area contributed by atoms with E-state index >= 15 is 0 Å². The number of nitrogens with two attached hydrogens (primary N) is 1. The molecule has 3 N–H and O–H groups in total. The maximum atomic E-state index is 11.8. The summed E-state index contributed by atoms with van der Waals surface area (Å²) in [5.41, 5.74) is 5.79. The molecule has 8 heteroatoms. The highest BCUT2D eigenvalue weighted by atomic mass is 79.9. The molecule has 0 saturated carbocycles. The van der Waals surface area contributed by atoms with E-state index in [9.17, 15) is 9.59 Å². The second kappa shape index (κ2) is 5.61. The Morgan fingerprint density at radius 3 is 2.79 bits per heavy atom. The van der Waals surface area contributed by atoms with E-state index in [1.165, 1.54) is 23.3 Å². The molecule has 0 radical (unpaired) electrons. The van der Waals surface area contributed by atoms with Gasteiger partial charge in [-0.15, -0.1) is 0 Å². The van der Waals surface area contributed by atoms with Gasteiger partial charge in [-0.2, -0.15) is 5.10 Å². The number of pyridine rings is 1. The standard InChI is InChI=1S/C11H10BrN5O2/c12-7-1-2-9(14-3-7)11(19)16-8-4-15-17(5-8)6-10(13)18/h1-5H,6H2,(H2,13,18)(H,16,19). The van der Waals surface area contributed by atoms with Gasteiger partial charge in [0.2, 0.25) is 5.91 Å². The fourth-order valence-corrected chi connectivity index (χ4v) is 1.61. The molecule has 0 aliphatic carbocycles. The summed E-state index contributed by atoms with van der Waals surface area (Å²) in [7, 11) is 0. The van der Waals surface area contributed by atoms with Crippen LogP contribution >= 0.6 is 15.9 Å². The fraction of sp³-hybridized carbons (Fsp3) is 0.0909. The third-order valence-corrected chi connectivity index (χ3v) is 2.64. The van der Waals surface area contributed by atoms with E-state index in [-0.39, 0.29) is 18.1 Å². The normalized spacial score (nSPS) is 10.2. The predicted molar refractivity (Wildman–Crippen MR) is 71.3 cm³/mol. The fourth-order valence-electron chi connectivity index (χ4n) is 1.38. The van der Waals surface area contributed by atoms with Gasteiger partial charge in [-0.1, -0.05) is 0 Å². The summed E-state index contributed by atoms with van der Waals surface area (Å²) in [4.78, 5) is 26.5. The molecule has 0 bridgehead atoms. The number of hydrogen-bond donors (Lipinski definition) is 2. The molecule has 0 saturated heterocycles. The van der Waals surface area contributed by atoms with Crippen molar-refractivity contribution in [1.29, 1.82) is 0 Å². The first-order valence-corrected chi connectivity index (χ1v) is 6.07. The molecule has 2 heterocycles. The first-order chi connectivity index (χ1) is 9.04. The number of aromatic nitrogens is 3. The van der Waals surface area contributed by atoms with Crippen molar-refractivity contribution in [2.45, 2.75) is 6.54 Å². The van der Waals surface area contributed by atoms with Gasteiger partial charge in [0.05, 0.1) is 11.9 Å². The van der Waals surface area contributed by atoms with E-state index in [4.69, 9.17) is 5.73 Å². The summed E-state index contributed by atoms with van der Waals surface area (Å²) < 4.78 is 2.13. The zero-order chi connectivity index (χ0) is 13.8. The number of carbonyl (C=O) groups is 2. The monoisotopic (exact) mass is 323 g/mol. The Balaban J connectivity index is 2.04. The molecule has 0 unspecified atom stereocenters. The molecule has 7 nitrogen and oxygen atoms in total. The third-order valence-electron chi connectivity index (χ3n) is 2.17. The van der Waals surface area contributed by atoms with Crippen molar-refractivity contribution in [2.75, 3.05) is 5.32 Å². The number of rotatable bonds is 4. The van der Waals surface area contributed by atoms with Gasteiger partial charge < -0.3 is 11.1 Å². The number of anilines is 1. The first kappa shape index (κ1) is 13.2. The van der Waals surface area contributed by atoms with Crippen LogP contribution in [-0.2, 0) is 11.3 Å². The van der Waals surface area contributed by atoms with Gasteiger partial charge in [-0.3, -0.25) is 14.3 Å². The van der Waals surface area contributed by atoms with Crippen molar-refractivity contribution in [3.63, 3.8) is 0 Å². The topological polar surface area (TPSA) is 103 Å². The molecule has 98 valence electrons. The Bertz CT molecular complexity index is 608. The molecular formula is C11H10BrN5O2. The number of primary amides is 1. The smallest absolute Gasteiger partial charge is 0.274 e. The highest BCUT2D eigenvalue weighted by Gasteiger charge is 2.09. The summed E-state index contributed by atoms with van der Waals surface area (Å²) in [5, 5.41) is 6.51. The summed E-state index contributed by atoms with van der Waals surface area (Å²) in [6.45, 7) is -0.0353. The number of carbonyl (C=O) groups excluding carboxylic acids is 2. The van der Waals surface area contributed by atoms with Gasteiger partial charge in [-0.05, 0) is 28.1 Å². The predicted octanol–water partition coefficient (Wildman–Crippen LogP) is 0.778. The van der Waals surface area contributed by atoms with Gasteiger partial charge in [0.15, 0.2) is 0 Å². The molecule has 2 aromatic heterocycles. The molecule has 0 fully saturated rings. The first-order valence-electron chi connectivity index (χ1n) is 5.28. The van der Waals surface area contributed by atoms with Crippen LogP contribution in [0.2, 0.25) is 0 Å². The SMILES string of the molecule is NC(=O)Cn1cc(NC(=O)c2ccc(Br)cn2)cn1. The molecule has 2 amide bonds. The lowest BCUT2D eigenvalue weighted by atomic mass is 10.3. The number of nitrogens with zero attached hydrogens (tertiary/aromatic N) is 3. The number of halogens is 1. The van der Waals surface area contributed by atoms with E-state index < -0.39 is 5.91 Å². The molecule has 0 aliphatic rings. The lowest BCUT2D eigenvalue weighted by Crippen LogP contribution is -2.18. The largest absolute Gasteiger partial charge is 0.368 e. The second-order valence-electron chi connectivity index (χ2n) is 3.71. The number of amides is 2. The third kappa shape index (κ3) is 3.62. The van der Waals surface area contributed by atoms with Crippen LogP contribution in [-0.4, -0.2) is 26.6 Å². The Hall–Kier alpha value is -2.22. The van der Waals surface area contributed by atoms with Crippen LogP contribution in [0, 0.1) is 0 Å². The summed E-state index contributed by atoms with van der Waals surface area (Å²) >= 11 is 3.24. The minimum absolute atomic E-state index is 0.0353. The highest BCUT2D eigenvalue weighted by molar-refractivity contribution is 9.10. The Kier molecular flexibility index (Phi) is 3.91. The van der Waals surface area contributed by atoms with Crippen LogP contribution in [0.15, 0.2) is 35.2 Å². The van der Waals surface area contributed by atoms with Crippen molar-refractivity contribution >= 4 is 33.4 Å². The van der Waals surface area contributed by atoms with Gasteiger partial charge in [0, 0.05) is 16.9 Å². The molecule has 0 aromatic carbocycles. The van der Waals surface area contributed by atoms with Crippen LogP contribution < -0.4 is 11.1 Å². The van der Waals surface area contributed by atoms with E-state index in [1.54, 1.807) is 12.1 Å². The van der Waals surface area contributed by atoms with Crippen LogP contribution in [0.4, 0.5) is 5.69 Å². The average Bonchev–Trinajstić information content (AvgIpc) is 2.76. The van der Waals surface area contributed by atoms with E-state index in [1.807, 2.05) is 0 Å². The maximum Gasteiger partial charge on any atom is 0.274 e. The Morgan fingerprint density at radius 1 is 1.37 bits per heavy atom. The minimum Gasteiger partial charge on any atom is -0.368 e. The molecule has 0 aliphatic heterocycles. The van der Waals surface area contributed by atoms with Gasteiger partial charge in [-0.25, -0.2) is 4.98 Å². The van der Waals surface area contributed by atoms with E-state index in [0.29, 0.717) is 5.69 Å². The molecule has 2 rings (SSSR count). The summed E-state index contributed by atoms with van der Waals surface area (Å²) in [5.74, 6) is -0.860. The van der Waals surface area contributed by atoms with Crippen LogP contribution in [0.25, 0.3) is 0 Å². The maximum absolute atomic E-state index is 11.8. The number of hydrogen-bond acceptors (Lipinski definition) is 4. The van der Waals surface area contributed by atoms with Crippen molar-refractivity contribution in [2.24, 2.45) is 5.73 Å². The zero-order valence-electron chi connectivity index (χ0n) is 9.71. The highest BCUT2D eigenvalue weighted by Crippen LogP contribution is 2.10. The zero-order valence-corrected chi connectivity index (χ0v) is 11.3. The van der Waals surface area contributed by atoms with Gasteiger partial charge in [0.1, 0.15) is 12.2 Å². The lowest BCUT2D eigenvalue weighted by molar-refractivity contribution is -0.118. The lowest BCUT2D eigenvalue weighted by Gasteiger charge is -2.01. The molecule has 0 atom stereocenters. The van der Waals surface area contributed by atoms with Gasteiger partial charge in [0.25, 0.3) is 5.91 Å². The van der Waals surface area contributed by atoms with Crippen LogP contribution in [0.5, 0.6) is 0 Å². The van der Waals surface area contributed by atoms with Crippen molar-refractivity contribution in [3.8, 4) is 0 Å². The molecule has 0 spiro atoms. The second-order valence-corrected chi connectivity index (χ2v) is 4.62. The summed E-state index contributed by atoms with van der Waals surface area (Å²) in [6, 6.07) is 3.31. The Morgan fingerprint density at radius 2 is 2.16 bits per heavy atom. The van der Waals surface area contributed by atoms with Crippen molar-refractivity contribution in [1.82, 2.24) is 14.8 Å².